The molecule has 11 heteroatoms. The van der Waals surface area contributed by atoms with Gasteiger partial charge in [0.25, 0.3) is 17.5 Å². The molecule has 5 heterocycles. The van der Waals surface area contributed by atoms with Crippen molar-refractivity contribution in [3.63, 3.8) is 0 Å². The lowest BCUT2D eigenvalue weighted by molar-refractivity contribution is 0.0941. The molecule has 2 aromatic carbocycles. The summed E-state index contributed by atoms with van der Waals surface area (Å²) in [5.41, 5.74) is 8.93. The molecule has 43 heavy (non-hydrogen) atoms. The summed E-state index contributed by atoms with van der Waals surface area (Å²) in [6, 6.07) is 18.5. The Kier molecular flexibility index (Phi) is 6.36. The average Bonchev–Trinajstić information content (AvgIpc) is 3.60. The van der Waals surface area contributed by atoms with Crippen molar-refractivity contribution in [2.75, 3.05) is 12.3 Å². The molecule has 0 fully saturated rings. The molecule has 0 spiro atoms. The number of pyridine rings is 1. The minimum Gasteiger partial charge on any atom is -0.465 e. The number of nitrogens with one attached hydrogen (secondary N) is 1. The Morgan fingerprint density at radius 2 is 1.95 bits per heavy atom. The third kappa shape index (κ3) is 4.55. The number of fused-ring (bicyclic) bond motifs is 3. The van der Waals surface area contributed by atoms with Gasteiger partial charge in [-0.3, -0.25) is 18.7 Å². The van der Waals surface area contributed by atoms with Gasteiger partial charge in [0.05, 0.1) is 24.2 Å². The molecule has 1 aliphatic rings. The number of hydrogen-bond donors (Lipinski definition) is 2. The molecule has 0 aliphatic carbocycles. The highest BCUT2D eigenvalue weighted by atomic mass is 16.5. The summed E-state index contributed by atoms with van der Waals surface area (Å²) in [5.74, 6) is 6.01. The predicted molar refractivity (Wildman–Crippen MR) is 161 cm³/mol. The van der Waals surface area contributed by atoms with Gasteiger partial charge in [-0.05, 0) is 55.0 Å². The molecule has 0 saturated carbocycles. The van der Waals surface area contributed by atoms with Crippen molar-refractivity contribution in [2.45, 2.75) is 25.9 Å². The van der Waals surface area contributed by atoms with E-state index in [4.69, 9.17) is 10.5 Å². The Labute approximate surface area is 245 Å². The van der Waals surface area contributed by atoms with E-state index in [9.17, 15) is 9.59 Å². The highest BCUT2D eigenvalue weighted by Gasteiger charge is 2.24. The van der Waals surface area contributed by atoms with Gasteiger partial charge in [-0.2, -0.15) is 0 Å². The summed E-state index contributed by atoms with van der Waals surface area (Å²) in [6.45, 7) is 3.23. The average molecular weight is 571 g/mol. The second-order valence-electron chi connectivity index (χ2n) is 10.2. The molecule has 7 rings (SSSR count). The van der Waals surface area contributed by atoms with E-state index in [1.54, 1.807) is 29.2 Å². The summed E-state index contributed by atoms with van der Waals surface area (Å²) in [5, 5.41) is 8.38. The van der Waals surface area contributed by atoms with Gasteiger partial charge in [-0.15, -0.1) is 5.10 Å². The first-order valence-electron chi connectivity index (χ1n) is 13.8. The second-order valence-corrected chi connectivity index (χ2v) is 10.2. The normalized spacial score (nSPS) is 13.1. The molecule has 11 nitrogen and oxygen atoms in total. The van der Waals surface area contributed by atoms with Gasteiger partial charge >= 0.3 is 0 Å². The number of benzene rings is 2. The molecule has 3 N–H and O–H groups in total. The van der Waals surface area contributed by atoms with Crippen LogP contribution < -0.4 is 21.3 Å². The number of nitrogens with zero attached hydrogens (tertiary/aromatic N) is 6. The number of nitrogens with two attached hydrogens (primary N) is 1. The SMILES string of the molecule is C[C@H](NC(=O)c1c(N)nn2cccnc12)c1cc2cccc(C#Cc3cnc4n3CCCO4)c2c(=O)n1-c1ccccc1. The maximum atomic E-state index is 14.3. The van der Waals surface area contributed by atoms with Gasteiger partial charge < -0.3 is 15.8 Å². The number of rotatable bonds is 4. The summed E-state index contributed by atoms with van der Waals surface area (Å²) in [7, 11) is 0. The van der Waals surface area contributed by atoms with E-state index in [1.807, 2.05) is 66.1 Å². The van der Waals surface area contributed by atoms with Gasteiger partial charge in [-0.1, -0.05) is 36.3 Å². The van der Waals surface area contributed by atoms with Gasteiger partial charge in [0.2, 0.25) is 0 Å². The third-order valence-corrected chi connectivity index (χ3v) is 7.43. The lowest BCUT2D eigenvalue weighted by Crippen LogP contribution is -2.32. The van der Waals surface area contributed by atoms with Crippen LogP contribution in [-0.4, -0.2) is 41.2 Å². The first-order valence-corrected chi connectivity index (χ1v) is 13.8. The van der Waals surface area contributed by atoms with Gasteiger partial charge in [0.1, 0.15) is 11.3 Å². The molecule has 0 unspecified atom stereocenters. The third-order valence-electron chi connectivity index (χ3n) is 7.43. The molecule has 212 valence electrons. The number of carbonyl (C=O) groups is 1. The smallest absolute Gasteiger partial charge is 0.297 e. The van der Waals surface area contributed by atoms with Crippen molar-refractivity contribution in [1.82, 2.24) is 34.0 Å². The van der Waals surface area contributed by atoms with Crippen LogP contribution in [0.5, 0.6) is 6.01 Å². The van der Waals surface area contributed by atoms with Crippen LogP contribution in [0, 0.1) is 11.8 Å². The molecule has 1 aliphatic heterocycles. The zero-order valence-electron chi connectivity index (χ0n) is 23.2. The van der Waals surface area contributed by atoms with Crippen LogP contribution in [0.3, 0.4) is 0 Å². The maximum Gasteiger partial charge on any atom is 0.297 e. The number of imidazole rings is 1. The second kappa shape index (κ2) is 10.5. The number of aromatic nitrogens is 6. The van der Waals surface area contributed by atoms with Crippen LogP contribution in [0.1, 0.15) is 46.7 Å². The maximum absolute atomic E-state index is 14.3. The van der Waals surface area contributed by atoms with E-state index in [0.717, 1.165) is 18.7 Å². The molecular formula is C32H26N8O3. The highest BCUT2D eigenvalue weighted by Crippen LogP contribution is 2.25. The Bertz CT molecular complexity index is 2150. The first kappa shape index (κ1) is 26.0. The van der Waals surface area contributed by atoms with Crippen LogP contribution in [0.2, 0.25) is 0 Å². The monoisotopic (exact) mass is 570 g/mol. The van der Waals surface area contributed by atoms with Crippen molar-refractivity contribution in [3.8, 4) is 23.5 Å². The van der Waals surface area contributed by atoms with Gasteiger partial charge in [-0.25, -0.2) is 14.5 Å². The number of carbonyl (C=O) groups excluding carboxylic acids is 1. The van der Waals surface area contributed by atoms with Crippen LogP contribution in [0.25, 0.3) is 22.1 Å². The zero-order chi connectivity index (χ0) is 29.5. The number of nitrogen functional groups attached to an aromatic ring is 1. The van der Waals surface area contributed by atoms with Crippen molar-refractivity contribution < 1.29 is 9.53 Å². The fourth-order valence-electron chi connectivity index (χ4n) is 5.42. The Morgan fingerprint density at radius 3 is 2.81 bits per heavy atom. The van der Waals surface area contributed by atoms with Crippen molar-refractivity contribution in [1.29, 1.82) is 0 Å². The standard InChI is InChI=1S/C32H26N8O3/c1-20(36-30(41)27-28(33)37-39-16-6-14-34-29(27)39)25-18-22-9-5-8-21(12-13-24-19-35-32-38(24)15-7-17-43-32)26(22)31(42)40(25)23-10-3-2-4-11-23/h2-6,8-11,14,16,18-20H,7,15,17H2,1H3,(H2,33,37)(H,36,41)/t20-/m0/s1. The number of ether oxygens (including phenoxy) is 1. The highest BCUT2D eigenvalue weighted by molar-refractivity contribution is 6.04. The Morgan fingerprint density at radius 1 is 1.09 bits per heavy atom. The van der Waals surface area contributed by atoms with Gasteiger partial charge in [0, 0.05) is 35.9 Å². The van der Waals surface area contributed by atoms with E-state index < -0.39 is 11.9 Å². The molecule has 1 atom stereocenters. The topological polar surface area (TPSA) is 134 Å². The lowest BCUT2D eigenvalue weighted by atomic mass is 10.0. The number of para-hydroxylation sites is 1. The van der Waals surface area contributed by atoms with Crippen LogP contribution in [0.15, 0.2) is 84.0 Å². The lowest BCUT2D eigenvalue weighted by Gasteiger charge is -2.21. The summed E-state index contributed by atoms with van der Waals surface area (Å²) in [6.07, 6.45) is 5.82. The number of amides is 1. The fraction of sp³-hybridized carbons (Fsp3) is 0.156. The van der Waals surface area contributed by atoms with E-state index in [0.29, 0.717) is 46.0 Å². The molecule has 0 saturated heterocycles. The summed E-state index contributed by atoms with van der Waals surface area (Å²) in [4.78, 5) is 36.4. The predicted octanol–water partition coefficient (Wildman–Crippen LogP) is 3.49. The minimum absolute atomic E-state index is 0.0663. The number of hydrogen-bond acceptors (Lipinski definition) is 7. The fourth-order valence-corrected chi connectivity index (χ4v) is 5.42. The van der Waals surface area contributed by atoms with Crippen molar-refractivity contribution in [2.24, 2.45) is 0 Å². The molecule has 1 amide bonds. The Balaban J connectivity index is 1.33. The Hall–Kier alpha value is -5.89. The van der Waals surface area contributed by atoms with E-state index in [1.165, 1.54) is 4.52 Å². The first-order chi connectivity index (χ1) is 21.0. The molecule has 4 aromatic heterocycles. The van der Waals surface area contributed by atoms with Crippen LogP contribution in [-0.2, 0) is 6.54 Å². The van der Waals surface area contributed by atoms with Gasteiger partial charge in [0.15, 0.2) is 11.5 Å². The number of anilines is 1. The molecule has 0 radical (unpaired) electrons. The van der Waals surface area contributed by atoms with E-state index in [-0.39, 0.29) is 16.9 Å². The van der Waals surface area contributed by atoms with Crippen LogP contribution in [0.4, 0.5) is 5.82 Å². The zero-order valence-corrected chi connectivity index (χ0v) is 23.2. The largest absolute Gasteiger partial charge is 0.465 e. The molecule has 6 aromatic rings. The minimum atomic E-state index is -0.587. The molecular weight excluding hydrogens is 544 g/mol. The summed E-state index contributed by atoms with van der Waals surface area (Å²) < 4.78 is 10.6. The van der Waals surface area contributed by atoms with E-state index in [2.05, 4.69) is 32.2 Å². The van der Waals surface area contributed by atoms with Crippen LogP contribution >= 0.6 is 0 Å². The molecule has 0 bridgehead atoms. The summed E-state index contributed by atoms with van der Waals surface area (Å²) >= 11 is 0. The van der Waals surface area contributed by atoms with E-state index >= 15 is 0 Å². The van der Waals surface area contributed by atoms with Crippen molar-refractivity contribution >= 4 is 28.1 Å². The van der Waals surface area contributed by atoms with Crippen molar-refractivity contribution in [3.05, 3.63) is 112 Å². The quantitative estimate of drug-likeness (QED) is 0.310.